The van der Waals surface area contributed by atoms with Crippen molar-refractivity contribution in [3.8, 4) is 5.75 Å². The molecule has 5 heteroatoms. The molecule has 18 heavy (non-hydrogen) atoms. The fourth-order valence-electron chi connectivity index (χ4n) is 1.42. The van der Waals surface area contributed by atoms with Gasteiger partial charge in [-0.3, -0.25) is 4.79 Å². The minimum Gasteiger partial charge on any atom is -0.491 e. The number of ether oxygens (including phenoxy) is 2. The predicted molar refractivity (Wildman–Crippen MR) is 70.7 cm³/mol. The molecule has 100 valence electrons. The van der Waals surface area contributed by atoms with Crippen molar-refractivity contribution in [2.45, 2.75) is 26.1 Å². The topological polar surface area (TPSA) is 73.6 Å². The summed E-state index contributed by atoms with van der Waals surface area (Å²) in [6.07, 6.45) is -0.503. The van der Waals surface area contributed by atoms with Crippen LogP contribution in [0.25, 0.3) is 0 Å². The molecule has 0 bridgehead atoms. The number of benzene rings is 1. The summed E-state index contributed by atoms with van der Waals surface area (Å²) in [4.78, 5) is 11.7. The van der Waals surface area contributed by atoms with Gasteiger partial charge < -0.3 is 20.5 Å². The van der Waals surface area contributed by atoms with E-state index in [0.717, 1.165) is 5.75 Å². The lowest BCUT2D eigenvalue weighted by atomic mass is 10.2. The molecule has 0 aromatic heterocycles. The van der Waals surface area contributed by atoms with Gasteiger partial charge in [0.05, 0.1) is 6.10 Å². The number of amides is 1. The second kappa shape index (κ2) is 6.98. The van der Waals surface area contributed by atoms with Gasteiger partial charge in [0.15, 0.2) is 0 Å². The van der Waals surface area contributed by atoms with E-state index in [2.05, 4.69) is 5.32 Å². The Hall–Kier alpha value is -1.59. The van der Waals surface area contributed by atoms with E-state index >= 15 is 0 Å². The van der Waals surface area contributed by atoms with Gasteiger partial charge in [0.2, 0.25) is 0 Å². The van der Waals surface area contributed by atoms with E-state index < -0.39 is 6.10 Å². The maximum absolute atomic E-state index is 11.7. The van der Waals surface area contributed by atoms with Crippen LogP contribution in [0.15, 0.2) is 24.3 Å². The molecule has 1 amide bonds. The Labute approximate surface area is 107 Å². The Balaban J connectivity index is 2.60. The predicted octanol–water partition coefficient (Wildman–Crippen LogP) is 1.39. The first-order valence-electron chi connectivity index (χ1n) is 5.87. The lowest BCUT2D eigenvalue weighted by Gasteiger charge is -2.14. The largest absolute Gasteiger partial charge is 0.491 e. The van der Waals surface area contributed by atoms with Gasteiger partial charge in [-0.2, -0.15) is 0 Å². The molecule has 0 saturated heterocycles. The van der Waals surface area contributed by atoms with Crippen LogP contribution in [0.5, 0.6) is 5.75 Å². The van der Waals surface area contributed by atoms with E-state index in [1.54, 1.807) is 24.3 Å². The third kappa shape index (κ3) is 4.35. The third-order valence-corrected chi connectivity index (χ3v) is 2.28. The number of carbonyl (C=O) groups is 1. The molecule has 0 radical (unpaired) electrons. The van der Waals surface area contributed by atoms with Crippen LogP contribution in [0.1, 0.15) is 13.8 Å². The average molecular weight is 252 g/mol. The maximum Gasteiger partial charge on any atom is 0.254 e. The Morgan fingerprint density at radius 3 is 2.39 bits per heavy atom. The van der Waals surface area contributed by atoms with Crippen molar-refractivity contribution in [1.82, 2.24) is 0 Å². The van der Waals surface area contributed by atoms with Crippen LogP contribution in [-0.2, 0) is 9.53 Å². The number of hydrogen-bond donors (Lipinski definition) is 2. The molecule has 0 heterocycles. The van der Waals surface area contributed by atoms with Crippen molar-refractivity contribution in [1.29, 1.82) is 0 Å². The molecule has 1 rings (SSSR count). The highest BCUT2D eigenvalue weighted by Gasteiger charge is 2.15. The number of hydrogen-bond acceptors (Lipinski definition) is 4. The smallest absolute Gasteiger partial charge is 0.254 e. The van der Waals surface area contributed by atoms with Gasteiger partial charge in [-0.05, 0) is 38.1 Å². The Morgan fingerprint density at radius 1 is 1.33 bits per heavy atom. The second-order valence-corrected chi connectivity index (χ2v) is 4.14. The van der Waals surface area contributed by atoms with Crippen molar-refractivity contribution < 1.29 is 14.3 Å². The van der Waals surface area contributed by atoms with E-state index in [-0.39, 0.29) is 18.6 Å². The summed E-state index contributed by atoms with van der Waals surface area (Å²) in [5.74, 6) is 0.516. The standard InChI is InChI=1S/C13H20N2O3/c1-9(2)18-11-6-4-10(5-7-11)15-13(16)12(8-14)17-3/h4-7,9,12H,8,14H2,1-3H3,(H,15,16). The summed E-state index contributed by atoms with van der Waals surface area (Å²) in [6, 6.07) is 7.16. The van der Waals surface area contributed by atoms with Gasteiger partial charge in [-0.1, -0.05) is 0 Å². The molecule has 3 N–H and O–H groups in total. The number of methoxy groups -OCH3 is 1. The van der Waals surface area contributed by atoms with Crippen LogP contribution >= 0.6 is 0 Å². The van der Waals surface area contributed by atoms with E-state index in [1.807, 2.05) is 13.8 Å². The number of rotatable bonds is 6. The highest BCUT2D eigenvalue weighted by atomic mass is 16.5. The summed E-state index contributed by atoms with van der Waals surface area (Å²) in [7, 11) is 1.46. The SMILES string of the molecule is COC(CN)C(=O)Nc1ccc(OC(C)C)cc1. The summed E-state index contributed by atoms with van der Waals surface area (Å²) in [5, 5.41) is 2.72. The van der Waals surface area contributed by atoms with Crippen molar-refractivity contribution in [2.75, 3.05) is 19.0 Å². The lowest BCUT2D eigenvalue weighted by Crippen LogP contribution is -2.35. The van der Waals surface area contributed by atoms with Crippen molar-refractivity contribution >= 4 is 11.6 Å². The van der Waals surface area contributed by atoms with Crippen LogP contribution < -0.4 is 15.8 Å². The van der Waals surface area contributed by atoms with Gasteiger partial charge in [-0.25, -0.2) is 0 Å². The summed E-state index contributed by atoms with van der Waals surface area (Å²) < 4.78 is 10.5. The first kappa shape index (κ1) is 14.5. The van der Waals surface area contributed by atoms with Gasteiger partial charge in [0, 0.05) is 19.3 Å². The molecule has 1 atom stereocenters. The Kier molecular flexibility index (Phi) is 5.61. The van der Waals surface area contributed by atoms with Gasteiger partial charge in [0.1, 0.15) is 11.9 Å². The van der Waals surface area contributed by atoms with E-state index in [0.29, 0.717) is 5.69 Å². The van der Waals surface area contributed by atoms with E-state index in [9.17, 15) is 4.79 Å². The summed E-state index contributed by atoms with van der Waals surface area (Å²) in [5.41, 5.74) is 6.10. The Bertz CT molecular complexity index is 372. The first-order chi connectivity index (χ1) is 8.56. The molecular weight excluding hydrogens is 232 g/mol. The van der Waals surface area contributed by atoms with Gasteiger partial charge in [-0.15, -0.1) is 0 Å². The number of carbonyl (C=O) groups excluding carboxylic acids is 1. The molecule has 0 aliphatic carbocycles. The van der Waals surface area contributed by atoms with Crippen molar-refractivity contribution in [3.63, 3.8) is 0 Å². The fraction of sp³-hybridized carbons (Fsp3) is 0.462. The number of anilines is 1. The molecule has 0 aliphatic heterocycles. The zero-order valence-electron chi connectivity index (χ0n) is 11.0. The summed E-state index contributed by atoms with van der Waals surface area (Å²) in [6.45, 7) is 4.07. The molecule has 0 saturated carbocycles. The molecule has 0 spiro atoms. The Morgan fingerprint density at radius 2 is 1.94 bits per heavy atom. The van der Waals surface area contributed by atoms with Crippen LogP contribution in [0.3, 0.4) is 0 Å². The molecule has 1 aromatic carbocycles. The lowest BCUT2D eigenvalue weighted by molar-refractivity contribution is -0.125. The number of nitrogens with one attached hydrogen (secondary N) is 1. The first-order valence-corrected chi connectivity index (χ1v) is 5.87. The second-order valence-electron chi connectivity index (χ2n) is 4.14. The fourth-order valence-corrected chi connectivity index (χ4v) is 1.42. The van der Waals surface area contributed by atoms with E-state index in [4.69, 9.17) is 15.2 Å². The molecular formula is C13H20N2O3. The minimum absolute atomic E-state index is 0.126. The number of nitrogens with two attached hydrogens (primary N) is 1. The summed E-state index contributed by atoms with van der Waals surface area (Å²) >= 11 is 0. The van der Waals surface area contributed by atoms with Crippen LogP contribution in [-0.4, -0.2) is 31.8 Å². The van der Waals surface area contributed by atoms with Crippen molar-refractivity contribution in [3.05, 3.63) is 24.3 Å². The van der Waals surface area contributed by atoms with E-state index in [1.165, 1.54) is 7.11 Å². The zero-order valence-corrected chi connectivity index (χ0v) is 11.0. The quantitative estimate of drug-likeness (QED) is 0.802. The average Bonchev–Trinajstić information content (AvgIpc) is 2.32. The molecule has 0 aliphatic rings. The highest BCUT2D eigenvalue weighted by Crippen LogP contribution is 2.17. The molecule has 1 aromatic rings. The molecule has 0 fully saturated rings. The maximum atomic E-state index is 11.7. The highest BCUT2D eigenvalue weighted by molar-refractivity contribution is 5.94. The third-order valence-electron chi connectivity index (χ3n) is 2.28. The monoisotopic (exact) mass is 252 g/mol. The van der Waals surface area contributed by atoms with Crippen LogP contribution in [0.2, 0.25) is 0 Å². The normalized spacial score (nSPS) is 12.3. The molecule has 5 nitrogen and oxygen atoms in total. The molecule has 1 unspecified atom stereocenters. The van der Waals surface area contributed by atoms with Gasteiger partial charge >= 0.3 is 0 Å². The minimum atomic E-state index is -0.628. The van der Waals surface area contributed by atoms with Crippen molar-refractivity contribution in [2.24, 2.45) is 5.73 Å². The van der Waals surface area contributed by atoms with Crippen LogP contribution in [0.4, 0.5) is 5.69 Å². The van der Waals surface area contributed by atoms with Crippen LogP contribution in [0, 0.1) is 0 Å². The van der Waals surface area contributed by atoms with Gasteiger partial charge in [0.25, 0.3) is 5.91 Å². The zero-order chi connectivity index (χ0) is 13.5.